The maximum Gasteiger partial charge on any atom is 0.166 e. The number of pyridine rings is 1. The first-order chi connectivity index (χ1) is 6.79. The predicted molar refractivity (Wildman–Crippen MR) is 54.1 cm³/mol. The molecule has 2 rings (SSSR count). The monoisotopic (exact) mass is 186 g/mol. The third-order valence-corrected chi connectivity index (χ3v) is 2.06. The van der Waals surface area contributed by atoms with E-state index in [0.717, 1.165) is 23.2 Å². The Bertz CT molecular complexity index is 443. The first-order valence-corrected chi connectivity index (χ1v) is 4.37. The van der Waals surface area contributed by atoms with Crippen LogP contribution in [0.25, 0.3) is 11.3 Å². The van der Waals surface area contributed by atoms with Gasteiger partial charge in [0, 0.05) is 23.1 Å². The van der Waals surface area contributed by atoms with Crippen LogP contribution in [0.15, 0.2) is 30.5 Å². The SMILES string of the molecule is Cc1ccc(-c2ccc(C=O)[nH]2)cn1. The van der Waals surface area contributed by atoms with Crippen molar-refractivity contribution in [1.82, 2.24) is 9.97 Å². The second-order valence-corrected chi connectivity index (χ2v) is 3.13. The number of hydrogen-bond acceptors (Lipinski definition) is 2. The Morgan fingerprint density at radius 2 is 2.14 bits per heavy atom. The molecule has 0 aliphatic heterocycles. The van der Waals surface area contributed by atoms with Gasteiger partial charge in [0.1, 0.15) is 0 Å². The molecule has 14 heavy (non-hydrogen) atoms. The highest BCUT2D eigenvalue weighted by molar-refractivity contribution is 5.75. The van der Waals surface area contributed by atoms with Crippen LogP contribution in [0.4, 0.5) is 0 Å². The van der Waals surface area contributed by atoms with E-state index in [1.165, 1.54) is 0 Å². The van der Waals surface area contributed by atoms with Crippen molar-refractivity contribution >= 4 is 6.29 Å². The Morgan fingerprint density at radius 3 is 2.71 bits per heavy atom. The lowest BCUT2D eigenvalue weighted by atomic mass is 10.2. The molecule has 2 heterocycles. The van der Waals surface area contributed by atoms with Crippen molar-refractivity contribution in [3.8, 4) is 11.3 Å². The van der Waals surface area contributed by atoms with E-state index >= 15 is 0 Å². The summed E-state index contributed by atoms with van der Waals surface area (Å²) in [5.74, 6) is 0. The van der Waals surface area contributed by atoms with Crippen LogP contribution in [0.3, 0.4) is 0 Å². The van der Waals surface area contributed by atoms with Gasteiger partial charge in [-0.15, -0.1) is 0 Å². The van der Waals surface area contributed by atoms with Gasteiger partial charge < -0.3 is 4.98 Å². The number of hydrogen-bond donors (Lipinski definition) is 1. The zero-order valence-corrected chi connectivity index (χ0v) is 7.82. The Labute approximate surface area is 81.8 Å². The highest BCUT2D eigenvalue weighted by Gasteiger charge is 2.00. The second kappa shape index (κ2) is 3.46. The standard InChI is InChI=1S/C11H10N2O/c1-8-2-3-9(6-12-8)11-5-4-10(7-14)13-11/h2-7,13H,1H3. The number of H-pyrrole nitrogens is 1. The summed E-state index contributed by atoms with van der Waals surface area (Å²) < 4.78 is 0. The van der Waals surface area contributed by atoms with E-state index in [4.69, 9.17) is 0 Å². The van der Waals surface area contributed by atoms with Crippen LogP contribution in [0.5, 0.6) is 0 Å². The molecular formula is C11H10N2O. The first kappa shape index (κ1) is 8.69. The van der Waals surface area contributed by atoms with Gasteiger partial charge >= 0.3 is 0 Å². The molecule has 0 unspecified atom stereocenters. The van der Waals surface area contributed by atoms with Crippen molar-refractivity contribution in [2.45, 2.75) is 6.92 Å². The van der Waals surface area contributed by atoms with E-state index in [0.29, 0.717) is 5.69 Å². The lowest BCUT2D eigenvalue weighted by Crippen LogP contribution is -1.83. The number of rotatable bonds is 2. The molecule has 70 valence electrons. The molecule has 2 aromatic heterocycles. The molecule has 0 radical (unpaired) electrons. The van der Waals surface area contributed by atoms with Crippen LogP contribution < -0.4 is 0 Å². The summed E-state index contributed by atoms with van der Waals surface area (Å²) in [6, 6.07) is 7.54. The summed E-state index contributed by atoms with van der Waals surface area (Å²) in [5.41, 5.74) is 3.47. The van der Waals surface area contributed by atoms with Crippen LogP contribution in [-0.4, -0.2) is 16.3 Å². The van der Waals surface area contributed by atoms with Crippen molar-refractivity contribution in [2.75, 3.05) is 0 Å². The average molecular weight is 186 g/mol. The van der Waals surface area contributed by atoms with E-state index in [2.05, 4.69) is 9.97 Å². The number of nitrogens with one attached hydrogen (secondary N) is 1. The van der Waals surface area contributed by atoms with Crippen molar-refractivity contribution in [3.63, 3.8) is 0 Å². The number of aldehydes is 1. The topological polar surface area (TPSA) is 45.8 Å². The molecule has 0 atom stereocenters. The summed E-state index contributed by atoms with van der Waals surface area (Å²) >= 11 is 0. The molecule has 1 N–H and O–H groups in total. The van der Waals surface area contributed by atoms with Crippen molar-refractivity contribution in [2.24, 2.45) is 0 Å². The minimum atomic E-state index is 0.584. The minimum Gasteiger partial charge on any atom is -0.352 e. The molecule has 0 fully saturated rings. The molecule has 0 spiro atoms. The highest BCUT2D eigenvalue weighted by Crippen LogP contribution is 2.16. The Kier molecular flexibility index (Phi) is 2.14. The normalized spacial score (nSPS) is 10.1. The Morgan fingerprint density at radius 1 is 1.29 bits per heavy atom. The molecular weight excluding hydrogens is 176 g/mol. The second-order valence-electron chi connectivity index (χ2n) is 3.13. The fourth-order valence-electron chi connectivity index (χ4n) is 1.28. The van der Waals surface area contributed by atoms with Gasteiger partial charge in [0.25, 0.3) is 0 Å². The summed E-state index contributed by atoms with van der Waals surface area (Å²) in [7, 11) is 0. The molecule has 0 saturated heterocycles. The third-order valence-electron chi connectivity index (χ3n) is 2.06. The summed E-state index contributed by atoms with van der Waals surface area (Å²) in [5, 5.41) is 0. The largest absolute Gasteiger partial charge is 0.352 e. The average Bonchev–Trinajstić information content (AvgIpc) is 2.67. The Balaban J connectivity index is 2.39. The van der Waals surface area contributed by atoms with Crippen LogP contribution in [0, 0.1) is 6.92 Å². The van der Waals surface area contributed by atoms with Gasteiger partial charge in [-0.3, -0.25) is 9.78 Å². The minimum absolute atomic E-state index is 0.584. The van der Waals surface area contributed by atoms with Crippen molar-refractivity contribution in [1.29, 1.82) is 0 Å². The molecule has 0 aliphatic rings. The van der Waals surface area contributed by atoms with Gasteiger partial charge in [-0.05, 0) is 31.2 Å². The summed E-state index contributed by atoms with van der Waals surface area (Å²) in [4.78, 5) is 17.6. The van der Waals surface area contributed by atoms with Gasteiger partial charge in [0.2, 0.25) is 0 Å². The molecule has 0 amide bonds. The number of carbonyl (C=O) groups excluding carboxylic acids is 1. The molecule has 0 aliphatic carbocycles. The summed E-state index contributed by atoms with van der Waals surface area (Å²) in [6.07, 6.45) is 2.58. The molecule has 0 aromatic carbocycles. The zero-order chi connectivity index (χ0) is 9.97. The number of aromatic amines is 1. The van der Waals surface area contributed by atoms with E-state index in [1.807, 2.05) is 25.1 Å². The Hall–Kier alpha value is -1.90. The number of carbonyl (C=O) groups is 1. The van der Waals surface area contributed by atoms with Crippen LogP contribution in [0.1, 0.15) is 16.2 Å². The first-order valence-electron chi connectivity index (χ1n) is 4.37. The quantitative estimate of drug-likeness (QED) is 0.731. The van der Waals surface area contributed by atoms with Gasteiger partial charge in [-0.1, -0.05) is 0 Å². The number of aromatic nitrogens is 2. The number of aryl methyl sites for hydroxylation is 1. The van der Waals surface area contributed by atoms with Gasteiger partial charge in [0.05, 0.1) is 5.69 Å². The third kappa shape index (κ3) is 1.57. The lowest BCUT2D eigenvalue weighted by Gasteiger charge is -1.97. The van der Waals surface area contributed by atoms with Crippen molar-refractivity contribution < 1.29 is 4.79 Å². The van der Waals surface area contributed by atoms with Crippen LogP contribution in [0.2, 0.25) is 0 Å². The van der Waals surface area contributed by atoms with E-state index in [1.54, 1.807) is 12.3 Å². The number of nitrogens with zero attached hydrogens (tertiary/aromatic N) is 1. The molecule has 0 saturated carbocycles. The van der Waals surface area contributed by atoms with E-state index in [-0.39, 0.29) is 0 Å². The molecule has 0 bridgehead atoms. The highest BCUT2D eigenvalue weighted by atomic mass is 16.1. The van der Waals surface area contributed by atoms with Gasteiger partial charge in [-0.25, -0.2) is 0 Å². The summed E-state index contributed by atoms with van der Waals surface area (Å²) in [6.45, 7) is 1.94. The smallest absolute Gasteiger partial charge is 0.166 e. The van der Waals surface area contributed by atoms with Gasteiger partial charge in [0.15, 0.2) is 6.29 Å². The molecule has 3 heteroatoms. The fraction of sp³-hybridized carbons (Fsp3) is 0.0909. The lowest BCUT2D eigenvalue weighted by molar-refractivity contribution is 0.111. The van der Waals surface area contributed by atoms with Gasteiger partial charge in [-0.2, -0.15) is 0 Å². The van der Waals surface area contributed by atoms with Crippen molar-refractivity contribution in [3.05, 3.63) is 41.9 Å². The van der Waals surface area contributed by atoms with Crippen LogP contribution in [-0.2, 0) is 0 Å². The van der Waals surface area contributed by atoms with E-state index < -0.39 is 0 Å². The molecule has 2 aromatic rings. The fourth-order valence-corrected chi connectivity index (χ4v) is 1.28. The molecule has 3 nitrogen and oxygen atoms in total. The predicted octanol–water partition coefficient (Wildman–Crippen LogP) is 2.20. The maximum atomic E-state index is 10.5. The van der Waals surface area contributed by atoms with Crippen LogP contribution >= 0.6 is 0 Å². The maximum absolute atomic E-state index is 10.5. The van der Waals surface area contributed by atoms with E-state index in [9.17, 15) is 4.79 Å². The zero-order valence-electron chi connectivity index (χ0n) is 7.82.